The number of amides is 2. The molecule has 6 rings (SSSR count). The second kappa shape index (κ2) is 6.46. The molecule has 1 heterocycles. The molecule has 5 aliphatic rings. The molecule has 1 aliphatic heterocycles. The van der Waals surface area contributed by atoms with E-state index in [2.05, 4.69) is 10.2 Å². The molecule has 4 aliphatic carbocycles. The molecule has 0 radical (unpaired) electrons. The van der Waals surface area contributed by atoms with Crippen molar-refractivity contribution in [3.05, 3.63) is 29.8 Å². The number of piperazine rings is 1. The second-order valence-corrected chi connectivity index (χ2v) is 10.4. The maximum atomic E-state index is 12.6. The summed E-state index contributed by atoms with van der Waals surface area (Å²) in [6, 6.07) is 7.40. The van der Waals surface area contributed by atoms with Gasteiger partial charge in [-0.2, -0.15) is 0 Å². The van der Waals surface area contributed by atoms with Gasteiger partial charge >= 0.3 is 0 Å². The van der Waals surface area contributed by atoms with E-state index < -0.39 is 0 Å². The Kier molecular flexibility index (Phi) is 4.02. The fourth-order valence-electron chi connectivity index (χ4n) is 8.16. The van der Waals surface area contributed by atoms with E-state index in [1.54, 1.807) is 6.07 Å². The summed E-state index contributed by atoms with van der Waals surface area (Å²) in [6.45, 7) is 3.71. The molecule has 1 aromatic carbocycles. The van der Waals surface area contributed by atoms with Crippen molar-refractivity contribution in [2.24, 2.45) is 28.6 Å². The second-order valence-electron chi connectivity index (χ2n) is 10.4. The quantitative estimate of drug-likeness (QED) is 0.754. The zero-order chi connectivity index (χ0) is 20.5. The van der Waals surface area contributed by atoms with Gasteiger partial charge in [0.05, 0.1) is 6.54 Å². The van der Waals surface area contributed by atoms with Crippen molar-refractivity contribution in [3.63, 3.8) is 0 Å². The molecule has 2 N–H and O–H groups in total. The van der Waals surface area contributed by atoms with E-state index in [1.807, 2.05) is 23.1 Å². The van der Waals surface area contributed by atoms with Crippen LogP contribution in [0, 0.1) is 28.6 Å². The maximum absolute atomic E-state index is 12.6. The molecule has 2 atom stereocenters. The van der Waals surface area contributed by atoms with Crippen molar-refractivity contribution in [3.8, 4) is 5.75 Å². The van der Waals surface area contributed by atoms with Gasteiger partial charge < -0.3 is 15.3 Å². The molecular weight excluding hydrogens is 378 g/mol. The van der Waals surface area contributed by atoms with Gasteiger partial charge in [-0.15, -0.1) is 0 Å². The van der Waals surface area contributed by atoms with Crippen molar-refractivity contribution in [2.45, 2.75) is 38.6 Å². The summed E-state index contributed by atoms with van der Waals surface area (Å²) >= 11 is 0. The Balaban J connectivity index is 0.948. The topological polar surface area (TPSA) is 72.9 Å². The number of phenolic OH excluding ortho intramolecular Hbond substituents is 1. The molecule has 2 amide bonds. The normalized spacial score (nSPS) is 38.1. The van der Waals surface area contributed by atoms with Gasteiger partial charge in [0.15, 0.2) is 0 Å². The Bertz CT molecular complexity index is 866. The molecule has 1 spiro atoms. The number of rotatable bonds is 6. The smallest absolute Gasteiger partial charge is 0.242 e. The highest BCUT2D eigenvalue weighted by atomic mass is 16.3. The number of benzene rings is 1. The van der Waals surface area contributed by atoms with Crippen molar-refractivity contribution < 1.29 is 14.7 Å². The maximum Gasteiger partial charge on any atom is 0.242 e. The van der Waals surface area contributed by atoms with Gasteiger partial charge in [0.2, 0.25) is 11.8 Å². The zero-order valence-electron chi connectivity index (χ0n) is 17.5. The zero-order valence-corrected chi connectivity index (χ0v) is 17.5. The van der Waals surface area contributed by atoms with Crippen LogP contribution < -0.4 is 5.32 Å². The van der Waals surface area contributed by atoms with Crippen molar-refractivity contribution >= 4 is 11.8 Å². The van der Waals surface area contributed by atoms with Gasteiger partial charge in [0.1, 0.15) is 5.75 Å². The van der Waals surface area contributed by atoms with E-state index in [0.717, 1.165) is 36.4 Å². The summed E-state index contributed by atoms with van der Waals surface area (Å²) in [5.41, 5.74) is 1.78. The van der Waals surface area contributed by atoms with Crippen LogP contribution in [-0.4, -0.2) is 59.4 Å². The first-order valence-corrected chi connectivity index (χ1v) is 11.6. The number of phenols is 1. The minimum atomic E-state index is 0.0179. The predicted molar refractivity (Wildman–Crippen MR) is 111 cm³/mol. The van der Waals surface area contributed by atoms with E-state index in [4.69, 9.17) is 0 Å². The molecule has 0 bridgehead atoms. The Morgan fingerprint density at radius 2 is 1.73 bits per heavy atom. The standard InChI is InChI=1S/C24H31N3O3/c28-20-4-2-1-3-16(20)15-26-5-7-27(8-6-26)22(30)14-25-21(29)13-23-11-18-9-17-10-19(12-23)24(17,18)23/h1-4,17-19,28H,5-15H2,(H,25,29). The first kappa shape index (κ1) is 18.7. The third-order valence-electron chi connectivity index (χ3n) is 9.40. The number of carbonyl (C=O) groups is 2. The van der Waals surface area contributed by atoms with Crippen LogP contribution in [0.25, 0.3) is 0 Å². The lowest BCUT2D eigenvalue weighted by Gasteiger charge is -2.91. The van der Waals surface area contributed by atoms with Crippen LogP contribution in [-0.2, 0) is 16.1 Å². The summed E-state index contributed by atoms with van der Waals surface area (Å²) in [4.78, 5) is 29.3. The van der Waals surface area contributed by atoms with E-state index in [9.17, 15) is 14.7 Å². The van der Waals surface area contributed by atoms with Crippen LogP contribution in [0.4, 0.5) is 0 Å². The van der Waals surface area contributed by atoms with Gasteiger partial charge in [0.25, 0.3) is 0 Å². The number of nitrogens with zero attached hydrogens (tertiary/aromatic N) is 2. The lowest BCUT2D eigenvalue weighted by Crippen LogP contribution is -2.85. The largest absolute Gasteiger partial charge is 0.508 e. The highest BCUT2D eigenvalue weighted by molar-refractivity contribution is 5.85. The van der Waals surface area contributed by atoms with Crippen molar-refractivity contribution in [1.29, 1.82) is 0 Å². The molecule has 6 heteroatoms. The first-order chi connectivity index (χ1) is 14.5. The number of carbonyl (C=O) groups excluding carboxylic acids is 2. The predicted octanol–water partition coefficient (Wildman–Crippen LogP) is 1.98. The minimum Gasteiger partial charge on any atom is -0.508 e. The molecule has 5 fully saturated rings. The van der Waals surface area contributed by atoms with Crippen molar-refractivity contribution in [2.75, 3.05) is 32.7 Å². The van der Waals surface area contributed by atoms with Gasteiger partial charge in [0, 0.05) is 44.7 Å². The van der Waals surface area contributed by atoms with Crippen molar-refractivity contribution in [1.82, 2.24) is 15.1 Å². The highest BCUT2D eigenvalue weighted by Gasteiger charge is 2.87. The SMILES string of the molecule is O=C(CC12CC3CC4CC(C1)C432)NCC(=O)N1CCN(Cc2ccccc2O)CC1. The number of aromatic hydroxyl groups is 1. The third kappa shape index (κ3) is 2.40. The van der Waals surface area contributed by atoms with Gasteiger partial charge in [-0.3, -0.25) is 14.5 Å². The average molecular weight is 410 g/mol. The fourth-order valence-corrected chi connectivity index (χ4v) is 8.16. The summed E-state index contributed by atoms with van der Waals surface area (Å²) in [5, 5.41) is 12.9. The van der Waals surface area contributed by atoms with E-state index in [0.29, 0.717) is 42.6 Å². The van der Waals surface area contributed by atoms with Gasteiger partial charge in [-0.05, 0) is 60.3 Å². The van der Waals surface area contributed by atoms with Gasteiger partial charge in [-0.1, -0.05) is 18.2 Å². The highest BCUT2D eigenvalue weighted by Crippen LogP contribution is 2.93. The van der Waals surface area contributed by atoms with Crippen LogP contribution in [0.15, 0.2) is 24.3 Å². The molecule has 1 aromatic rings. The van der Waals surface area contributed by atoms with Crippen LogP contribution >= 0.6 is 0 Å². The molecule has 30 heavy (non-hydrogen) atoms. The Morgan fingerprint density at radius 1 is 1.03 bits per heavy atom. The molecule has 4 saturated carbocycles. The first-order valence-electron chi connectivity index (χ1n) is 11.6. The fraction of sp³-hybridized carbons (Fsp3) is 0.667. The lowest BCUT2D eigenvalue weighted by atomic mass is 9.13. The van der Waals surface area contributed by atoms with E-state index in [-0.39, 0.29) is 18.4 Å². The lowest BCUT2D eigenvalue weighted by molar-refractivity contribution is -0.430. The van der Waals surface area contributed by atoms with E-state index >= 15 is 0 Å². The number of nitrogens with one attached hydrogen (secondary N) is 1. The molecule has 2 unspecified atom stereocenters. The Morgan fingerprint density at radius 3 is 2.37 bits per heavy atom. The molecule has 6 nitrogen and oxygen atoms in total. The molecule has 160 valence electrons. The summed E-state index contributed by atoms with van der Waals surface area (Å²) in [6.07, 6.45) is 5.96. The van der Waals surface area contributed by atoms with E-state index in [1.165, 1.54) is 25.7 Å². The molecule has 0 aromatic heterocycles. The van der Waals surface area contributed by atoms with Crippen LogP contribution in [0.1, 0.15) is 37.7 Å². The molecule has 1 saturated heterocycles. The summed E-state index contributed by atoms with van der Waals surface area (Å²) in [7, 11) is 0. The average Bonchev–Trinajstić information content (AvgIpc) is 2.69. The Hall–Kier alpha value is -2.08. The number of hydrogen-bond donors (Lipinski definition) is 2. The van der Waals surface area contributed by atoms with Crippen LogP contribution in [0.5, 0.6) is 5.75 Å². The van der Waals surface area contributed by atoms with Crippen LogP contribution in [0.2, 0.25) is 0 Å². The van der Waals surface area contributed by atoms with Gasteiger partial charge in [-0.25, -0.2) is 0 Å². The monoisotopic (exact) mass is 409 g/mol. The third-order valence-corrected chi connectivity index (χ3v) is 9.40. The van der Waals surface area contributed by atoms with Crippen LogP contribution in [0.3, 0.4) is 0 Å². The number of hydrogen-bond acceptors (Lipinski definition) is 4. The number of para-hydroxylation sites is 1. The summed E-state index contributed by atoms with van der Waals surface area (Å²) < 4.78 is 0. The minimum absolute atomic E-state index is 0.0179. The molecular formula is C24H31N3O3. The summed E-state index contributed by atoms with van der Waals surface area (Å²) in [5.74, 6) is 3.16. The Labute approximate surface area is 177 Å².